The zero-order valence-corrected chi connectivity index (χ0v) is 35.7. The molecule has 0 bridgehead atoms. The minimum atomic E-state index is -4.81. The molecule has 43 heavy (non-hydrogen) atoms. The third kappa shape index (κ3) is 10.9. The molecule has 4 radical (unpaired) electrons. The zero-order valence-electron chi connectivity index (χ0n) is 23.1. The Bertz CT molecular complexity index is 1770. The summed E-state index contributed by atoms with van der Waals surface area (Å²) in [7, 11) is -9.63. The molecule has 0 N–H and O–H groups in total. The molecule has 0 fully saturated rings. The van der Waals surface area contributed by atoms with Crippen LogP contribution in [0.5, 0.6) is 0 Å². The van der Waals surface area contributed by atoms with Crippen molar-refractivity contribution in [1.82, 2.24) is 0 Å². The summed E-state index contributed by atoms with van der Waals surface area (Å²) in [4.78, 5) is -0.864. The van der Waals surface area contributed by atoms with Crippen molar-refractivity contribution >= 4 is 41.8 Å². The van der Waals surface area contributed by atoms with Gasteiger partial charge in [0.25, 0.3) is 0 Å². The first-order valence-corrected chi connectivity index (χ1v) is 15.2. The van der Waals surface area contributed by atoms with E-state index in [9.17, 15) is 25.9 Å². The largest absolute Gasteiger partial charge is 1.00 e. The molecule has 0 aliphatic heterocycles. The summed E-state index contributed by atoms with van der Waals surface area (Å²) in [5, 5.41) is 2.53. The van der Waals surface area contributed by atoms with E-state index >= 15 is 0 Å². The summed E-state index contributed by atoms with van der Waals surface area (Å²) in [6.45, 7) is 0. The maximum absolute atomic E-state index is 11.8. The van der Waals surface area contributed by atoms with E-state index in [0.29, 0.717) is 21.5 Å². The molecule has 0 aliphatic carbocycles. The standard InChI is InChI=1S/C21H16O6S2.2C6H5.2Hg/c22-28(23,24)20-12-16-7-3-1-5-14(16)9-18(20)11-19-10-15-6-2-4-8-17(15)13-21(19)29(25,26)27;2*1-2-4-6-5-3-1;;/h1-10,12-13H,11H2,(H,22,23,24)(H,25,26,27);2*1-5H;;/q;;;2*+1/p-2. The van der Waals surface area contributed by atoms with Crippen LogP contribution in [0.15, 0.2) is 143 Å². The molecule has 0 spiro atoms. The second kappa shape index (κ2) is 17.1. The van der Waals surface area contributed by atoms with Crippen LogP contribution in [0.4, 0.5) is 0 Å². The average Bonchev–Trinajstić information content (AvgIpc) is 2.98. The first kappa shape index (κ1) is 36.7. The van der Waals surface area contributed by atoms with Crippen molar-refractivity contribution in [3.63, 3.8) is 0 Å². The number of rotatable bonds is 4. The van der Waals surface area contributed by atoms with Gasteiger partial charge in [-0.15, -0.1) is 0 Å². The molecule has 6 nitrogen and oxygen atoms in total. The minimum Gasteiger partial charge on any atom is -0.744 e. The van der Waals surface area contributed by atoms with Gasteiger partial charge in [0, 0.05) is 0 Å². The van der Waals surface area contributed by atoms with Crippen LogP contribution in [0, 0.1) is 12.1 Å². The molecule has 0 saturated carbocycles. The van der Waals surface area contributed by atoms with E-state index < -0.39 is 30.0 Å². The van der Waals surface area contributed by atoms with Crippen molar-refractivity contribution < 1.29 is 81.3 Å². The molecule has 0 atom stereocenters. The molecular formula is C33H24Hg2O6S2. The van der Waals surface area contributed by atoms with Crippen molar-refractivity contribution in [3.05, 3.63) is 157 Å². The van der Waals surface area contributed by atoms with E-state index in [1.54, 1.807) is 48.5 Å². The van der Waals surface area contributed by atoms with Crippen molar-refractivity contribution in [2.24, 2.45) is 0 Å². The fraction of sp³-hybridized carbons (Fsp3) is 0.0303. The Kier molecular flexibility index (Phi) is 14.6. The normalized spacial score (nSPS) is 10.7. The molecule has 0 aliphatic rings. The van der Waals surface area contributed by atoms with Gasteiger partial charge in [-0.2, -0.15) is 0 Å². The van der Waals surface area contributed by atoms with E-state index in [2.05, 4.69) is 12.1 Å². The summed E-state index contributed by atoms with van der Waals surface area (Å²) in [6, 6.07) is 44.5. The summed E-state index contributed by atoms with van der Waals surface area (Å²) in [6.07, 6.45) is -0.191. The zero-order chi connectivity index (χ0) is 29.3. The first-order chi connectivity index (χ1) is 19.6. The van der Waals surface area contributed by atoms with E-state index in [1.807, 2.05) is 60.7 Å². The van der Waals surface area contributed by atoms with Crippen LogP contribution in [0.25, 0.3) is 21.5 Å². The van der Waals surface area contributed by atoms with Crippen LogP contribution >= 0.6 is 0 Å². The van der Waals surface area contributed by atoms with Gasteiger partial charge >= 0.3 is 55.3 Å². The van der Waals surface area contributed by atoms with Gasteiger partial charge in [-0.1, -0.05) is 109 Å². The van der Waals surface area contributed by atoms with E-state index in [-0.39, 0.29) is 72.9 Å². The van der Waals surface area contributed by atoms with Crippen LogP contribution in [0.2, 0.25) is 0 Å². The summed E-state index contributed by atoms with van der Waals surface area (Å²) >= 11 is 0. The van der Waals surface area contributed by atoms with Crippen molar-refractivity contribution in [2.45, 2.75) is 16.2 Å². The SMILES string of the molecule is O=S(=O)([O-])c1cc2ccccc2cc1Cc1cc2ccccc2cc1S(=O)(=O)[O-].[Hg+].[Hg+].[c]1ccccc1.[c]1ccccc1. The van der Waals surface area contributed by atoms with Gasteiger partial charge in [0.15, 0.2) is 0 Å². The Morgan fingerprint density at radius 3 is 1.00 bits per heavy atom. The Morgan fingerprint density at radius 1 is 0.465 bits per heavy atom. The van der Waals surface area contributed by atoms with Gasteiger partial charge in [-0.25, -0.2) is 16.8 Å². The summed E-state index contributed by atoms with van der Waals surface area (Å²) in [5.74, 6) is 0. The minimum absolute atomic E-state index is 0. The Morgan fingerprint density at radius 2 is 0.767 bits per heavy atom. The Labute approximate surface area is 293 Å². The van der Waals surface area contributed by atoms with E-state index in [1.165, 1.54) is 24.3 Å². The number of hydrogen-bond acceptors (Lipinski definition) is 6. The molecular weight excluding hydrogens is 958 g/mol. The number of fused-ring (bicyclic) bond motifs is 2. The van der Waals surface area contributed by atoms with Crippen molar-refractivity contribution in [2.75, 3.05) is 0 Å². The molecule has 208 valence electrons. The maximum Gasteiger partial charge on any atom is 1.00 e. The maximum atomic E-state index is 11.8. The quantitative estimate of drug-likeness (QED) is 0.150. The molecule has 0 heterocycles. The van der Waals surface area contributed by atoms with Crippen LogP contribution in [0.1, 0.15) is 11.1 Å². The topological polar surface area (TPSA) is 114 Å². The van der Waals surface area contributed by atoms with Crippen LogP contribution < -0.4 is 0 Å². The van der Waals surface area contributed by atoms with E-state index in [4.69, 9.17) is 0 Å². The van der Waals surface area contributed by atoms with Gasteiger partial charge in [-0.3, -0.25) is 0 Å². The second-order valence-electron chi connectivity index (χ2n) is 8.85. The predicted molar refractivity (Wildman–Crippen MR) is 157 cm³/mol. The number of hydrogen-bond donors (Lipinski definition) is 0. The van der Waals surface area contributed by atoms with Crippen molar-refractivity contribution in [1.29, 1.82) is 0 Å². The number of benzene rings is 6. The van der Waals surface area contributed by atoms with Crippen molar-refractivity contribution in [3.8, 4) is 0 Å². The van der Waals surface area contributed by atoms with Gasteiger partial charge < -0.3 is 9.11 Å². The third-order valence-electron chi connectivity index (χ3n) is 5.99. The van der Waals surface area contributed by atoms with Gasteiger partial charge in [-0.05, 0) is 75.5 Å². The van der Waals surface area contributed by atoms with Gasteiger partial charge in [0.2, 0.25) is 0 Å². The predicted octanol–water partition coefficient (Wildman–Crippen LogP) is 6.36. The molecule has 0 unspecified atom stereocenters. The fourth-order valence-corrected chi connectivity index (χ4v) is 5.61. The smallest absolute Gasteiger partial charge is 0.744 e. The molecule has 0 saturated heterocycles. The molecule has 6 rings (SSSR count). The average molecular weight is 982 g/mol. The summed E-state index contributed by atoms with van der Waals surface area (Å²) < 4.78 is 71.1. The fourth-order valence-electron chi connectivity index (χ4n) is 4.16. The van der Waals surface area contributed by atoms with Gasteiger partial charge in [0.1, 0.15) is 20.2 Å². The second-order valence-corrected chi connectivity index (χ2v) is 11.6. The molecule has 0 amide bonds. The molecule has 6 aromatic carbocycles. The molecule has 6 aromatic rings. The van der Waals surface area contributed by atoms with Crippen LogP contribution in [-0.2, 0) is 82.0 Å². The Balaban J connectivity index is 0.000000383. The monoisotopic (exact) mass is 984 g/mol. The van der Waals surface area contributed by atoms with Gasteiger partial charge in [0.05, 0.1) is 9.79 Å². The third-order valence-corrected chi connectivity index (χ3v) is 7.83. The molecule has 10 heteroatoms. The van der Waals surface area contributed by atoms with Crippen LogP contribution in [0.3, 0.4) is 0 Å². The first-order valence-electron chi connectivity index (χ1n) is 12.4. The molecule has 0 aromatic heterocycles. The Hall–Kier alpha value is -2.47. The summed E-state index contributed by atoms with van der Waals surface area (Å²) in [5.41, 5.74) is 0.276. The van der Waals surface area contributed by atoms with Crippen LogP contribution in [-0.4, -0.2) is 25.9 Å². The van der Waals surface area contributed by atoms with E-state index in [0.717, 1.165) is 0 Å².